The molecule has 140 valence electrons. The van der Waals surface area contributed by atoms with E-state index in [0.717, 1.165) is 32.8 Å². The van der Waals surface area contributed by atoms with E-state index in [-0.39, 0.29) is 5.41 Å². The maximum atomic E-state index is 13.2. The molecule has 1 atom stereocenters. The van der Waals surface area contributed by atoms with Crippen molar-refractivity contribution in [1.29, 1.82) is 0 Å². The number of carbonyl (C=O) groups excluding carboxylic acids is 1. The Morgan fingerprint density at radius 3 is 2.25 bits per heavy atom. The summed E-state index contributed by atoms with van der Waals surface area (Å²) in [5.74, 6) is -4.19. The molecule has 0 aromatic carbocycles. The monoisotopic (exact) mass is 368 g/mol. The molecule has 1 heterocycles. The summed E-state index contributed by atoms with van der Waals surface area (Å²) in [6.07, 6.45) is 5.24. The summed E-state index contributed by atoms with van der Waals surface area (Å²) in [7, 11) is -2.96. The predicted octanol–water partition coefficient (Wildman–Crippen LogP) is 2.06. The van der Waals surface area contributed by atoms with Crippen molar-refractivity contribution in [2.75, 3.05) is 20.2 Å². The number of nitrogens with zero attached hydrogens (tertiary/aromatic N) is 1. The topological polar surface area (TPSA) is 75.7 Å². The second-order valence-electron chi connectivity index (χ2n) is 7.08. The molecule has 1 unspecified atom stereocenters. The van der Waals surface area contributed by atoms with E-state index in [9.17, 15) is 22.0 Å². The molecule has 1 N–H and O–H groups in total. The minimum Gasteiger partial charge on any atom is -0.468 e. The van der Waals surface area contributed by atoms with Crippen LogP contribution in [-0.2, 0) is 19.7 Å². The Hall–Kier alpha value is -0.800. The van der Waals surface area contributed by atoms with Gasteiger partial charge in [0.1, 0.15) is 6.04 Å². The fraction of sp³-hybridized carbons (Fsp3) is 0.933. The molecule has 1 saturated carbocycles. The summed E-state index contributed by atoms with van der Waals surface area (Å²) < 4.78 is 59.2. The molecule has 2 aliphatic rings. The Morgan fingerprint density at radius 2 is 1.79 bits per heavy atom. The number of hydrogen-bond acceptors (Lipinski definition) is 4. The maximum absolute atomic E-state index is 13.2. The molecule has 0 bridgehead atoms. The lowest BCUT2D eigenvalue weighted by Crippen LogP contribution is -2.52. The quantitative estimate of drug-likeness (QED) is 0.728. The third-order valence-corrected chi connectivity index (χ3v) is 6.75. The SMILES string of the molecule is COC(=O)C(CC(C)(F)F)NS(=O)(=O)N1CCC2(CCCC2)CC1. The first-order valence-corrected chi connectivity index (χ1v) is 9.74. The summed E-state index contributed by atoms with van der Waals surface area (Å²) in [6.45, 7) is 1.35. The van der Waals surface area contributed by atoms with E-state index in [4.69, 9.17) is 0 Å². The van der Waals surface area contributed by atoms with Gasteiger partial charge >= 0.3 is 5.97 Å². The molecular weight excluding hydrogens is 342 g/mol. The summed E-state index contributed by atoms with van der Waals surface area (Å²) in [5, 5.41) is 0. The van der Waals surface area contributed by atoms with Crippen LogP contribution >= 0.6 is 0 Å². The van der Waals surface area contributed by atoms with Crippen LogP contribution in [-0.4, -0.2) is 50.9 Å². The first-order valence-electron chi connectivity index (χ1n) is 8.30. The predicted molar refractivity (Wildman–Crippen MR) is 84.8 cm³/mol. The van der Waals surface area contributed by atoms with Gasteiger partial charge in [-0.2, -0.15) is 17.4 Å². The average Bonchev–Trinajstić information content (AvgIpc) is 2.92. The van der Waals surface area contributed by atoms with E-state index < -0.39 is 34.6 Å². The smallest absolute Gasteiger partial charge is 0.324 e. The van der Waals surface area contributed by atoms with Gasteiger partial charge in [-0.1, -0.05) is 12.8 Å². The van der Waals surface area contributed by atoms with E-state index in [2.05, 4.69) is 9.46 Å². The van der Waals surface area contributed by atoms with Crippen molar-refractivity contribution in [3.05, 3.63) is 0 Å². The highest BCUT2D eigenvalue weighted by Crippen LogP contribution is 2.46. The molecule has 0 amide bonds. The minimum atomic E-state index is -4.01. The Morgan fingerprint density at radius 1 is 1.25 bits per heavy atom. The summed E-state index contributed by atoms with van der Waals surface area (Å²) in [6, 6.07) is -1.60. The van der Waals surface area contributed by atoms with Crippen molar-refractivity contribution in [2.24, 2.45) is 5.41 Å². The fourth-order valence-electron chi connectivity index (χ4n) is 3.75. The number of nitrogens with one attached hydrogen (secondary N) is 1. The number of piperidine rings is 1. The lowest BCUT2D eigenvalue weighted by atomic mass is 9.78. The number of ether oxygens (including phenoxy) is 1. The molecule has 2 rings (SSSR count). The molecule has 9 heteroatoms. The Balaban J connectivity index is 2.01. The number of rotatable bonds is 6. The van der Waals surface area contributed by atoms with E-state index in [0.29, 0.717) is 20.0 Å². The van der Waals surface area contributed by atoms with Gasteiger partial charge in [0.25, 0.3) is 10.2 Å². The zero-order chi connectivity index (χ0) is 18.0. The molecule has 1 spiro atoms. The van der Waals surface area contributed by atoms with Crippen LogP contribution in [0.25, 0.3) is 0 Å². The third kappa shape index (κ3) is 4.86. The highest BCUT2D eigenvalue weighted by Gasteiger charge is 2.41. The number of halogens is 2. The zero-order valence-corrected chi connectivity index (χ0v) is 15.0. The highest BCUT2D eigenvalue weighted by atomic mass is 32.2. The molecule has 6 nitrogen and oxygen atoms in total. The van der Waals surface area contributed by atoms with Gasteiger partial charge in [0, 0.05) is 19.5 Å². The Labute approximate surface area is 142 Å². The van der Waals surface area contributed by atoms with Crippen molar-refractivity contribution >= 4 is 16.2 Å². The third-order valence-electron chi connectivity index (χ3n) is 5.13. The normalized spacial score (nSPS) is 23.3. The molecular formula is C15H26F2N2O4S. The molecule has 1 aliphatic carbocycles. The van der Waals surface area contributed by atoms with Crippen LogP contribution in [0, 0.1) is 5.41 Å². The lowest BCUT2D eigenvalue weighted by Gasteiger charge is -2.39. The summed E-state index contributed by atoms with van der Waals surface area (Å²) in [5.41, 5.74) is 0.240. The number of alkyl halides is 2. The van der Waals surface area contributed by atoms with Gasteiger partial charge in [0.15, 0.2) is 0 Å². The fourth-order valence-corrected chi connectivity index (χ4v) is 5.11. The number of esters is 1. The van der Waals surface area contributed by atoms with Crippen LogP contribution < -0.4 is 4.72 Å². The summed E-state index contributed by atoms with van der Waals surface area (Å²) >= 11 is 0. The molecule has 1 saturated heterocycles. The molecule has 0 aromatic rings. The van der Waals surface area contributed by atoms with E-state index in [1.165, 1.54) is 17.1 Å². The highest BCUT2D eigenvalue weighted by molar-refractivity contribution is 7.87. The molecule has 2 fully saturated rings. The minimum absolute atomic E-state index is 0.240. The van der Waals surface area contributed by atoms with Crippen LogP contribution in [0.1, 0.15) is 51.9 Å². The Bertz CT molecular complexity index is 546. The second kappa shape index (κ2) is 7.21. The van der Waals surface area contributed by atoms with Crippen molar-refractivity contribution in [2.45, 2.75) is 63.8 Å². The summed E-state index contributed by atoms with van der Waals surface area (Å²) in [4.78, 5) is 11.7. The van der Waals surface area contributed by atoms with E-state index in [1.54, 1.807) is 0 Å². The first kappa shape index (κ1) is 19.5. The molecule has 1 aliphatic heterocycles. The number of hydrogen-bond donors (Lipinski definition) is 1. The van der Waals surface area contributed by atoms with Crippen LogP contribution in [0.2, 0.25) is 0 Å². The standard InChI is InChI=1S/C15H26F2N2O4S/c1-14(16,17)11-12(13(20)23-2)18-24(21,22)19-9-7-15(8-10-19)5-3-4-6-15/h12,18H,3-11H2,1-2H3. The zero-order valence-electron chi connectivity index (χ0n) is 14.2. The van der Waals surface area contributed by atoms with Crippen molar-refractivity contribution in [3.63, 3.8) is 0 Å². The number of methoxy groups -OCH3 is 1. The van der Waals surface area contributed by atoms with Gasteiger partial charge in [-0.15, -0.1) is 0 Å². The molecule has 24 heavy (non-hydrogen) atoms. The Kier molecular flexibility index (Phi) is 5.87. The molecule has 0 radical (unpaired) electrons. The van der Waals surface area contributed by atoms with E-state index in [1.807, 2.05) is 0 Å². The second-order valence-corrected chi connectivity index (χ2v) is 8.78. The van der Waals surface area contributed by atoms with Gasteiger partial charge in [-0.3, -0.25) is 4.79 Å². The largest absolute Gasteiger partial charge is 0.468 e. The number of carbonyl (C=O) groups is 1. The van der Waals surface area contributed by atoms with Crippen molar-refractivity contribution < 1.29 is 26.7 Å². The molecule has 0 aromatic heterocycles. The van der Waals surface area contributed by atoms with Gasteiger partial charge in [0.2, 0.25) is 5.92 Å². The van der Waals surface area contributed by atoms with Crippen LogP contribution in [0.5, 0.6) is 0 Å². The van der Waals surface area contributed by atoms with Crippen LogP contribution in [0.3, 0.4) is 0 Å². The first-order chi connectivity index (χ1) is 11.1. The van der Waals surface area contributed by atoms with Gasteiger partial charge in [0.05, 0.1) is 7.11 Å². The van der Waals surface area contributed by atoms with E-state index >= 15 is 0 Å². The van der Waals surface area contributed by atoms with Crippen molar-refractivity contribution in [1.82, 2.24) is 9.03 Å². The van der Waals surface area contributed by atoms with Crippen molar-refractivity contribution in [3.8, 4) is 0 Å². The van der Waals surface area contributed by atoms with Crippen LogP contribution in [0.15, 0.2) is 0 Å². The van der Waals surface area contributed by atoms with Crippen LogP contribution in [0.4, 0.5) is 8.78 Å². The van der Waals surface area contributed by atoms with Gasteiger partial charge in [-0.05, 0) is 38.0 Å². The van der Waals surface area contributed by atoms with Gasteiger partial charge in [-0.25, -0.2) is 8.78 Å². The maximum Gasteiger partial charge on any atom is 0.324 e. The lowest BCUT2D eigenvalue weighted by molar-refractivity contribution is -0.145. The van der Waals surface area contributed by atoms with Gasteiger partial charge < -0.3 is 4.74 Å². The average molecular weight is 368 g/mol.